The van der Waals surface area contributed by atoms with Crippen LogP contribution in [0.1, 0.15) is 5.56 Å². The Morgan fingerprint density at radius 2 is 1.83 bits per heavy atom. The van der Waals surface area contributed by atoms with Crippen molar-refractivity contribution in [1.82, 2.24) is 4.98 Å². The monoisotopic (exact) mass is 365 g/mol. The van der Waals surface area contributed by atoms with E-state index in [0.29, 0.717) is 15.0 Å². The zero-order chi connectivity index (χ0) is 12.5. The fourth-order valence-electron chi connectivity index (χ4n) is 1.88. The Kier molecular flexibility index (Phi) is 3.29. The Morgan fingerprint density at radius 3 is 2.61 bits per heavy atom. The molecule has 3 rings (SSSR count). The van der Waals surface area contributed by atoms with E-state index >= 15 is 0 Å². The van der Waals surface area contributed by atoms with E-state index in [9.17, 15) is 0 Å². The SMILES string of the molecule is Cc1ccc([Se]c2c[nH]c3ccc(Br)cc23)cc1. The van der Waals surface area contributed by atoms with E-state index < -0.39 is 0 Å². The van der Waals surface area contributed by atoms with Crippen molar-refractivity contribution in [3.63, 3.8) is 0 Å². The number of nitrogens with one attached hydrogen (secondary N) is 1. The molecule has 1 N–H and O–H groups in total. The van der Waals surface area contributed by atoms with Gasteiger partial charge in [0.15, 0.2) is 0 Å². The molecule has 0 aliphatic heterocycles. The molecular weight excluding hydrogens is 353 g/mol. The normalized spacial score (nSPS) is 11.0. The standard InChI is InChI=1S/C15H12BrNSe/c1-10-2-5-12(6-3-10)18-15-9-17-14-7-4-11(16)8-13(14)15/h2-9,17H,1H3. The van der Waals surface area contributed by atoms with Crippen molar-refractivity contribution >= 4 is 50.7 Å². The van der Waals surface area contributed by atoms with Crippen molar-refractivity contribution in [1.29, 1.82) is 0 Å². The van der Waals surface area contributed by atoms with Crippen LogP contribution in [0.15, 0.2) is 53.1 Å². The molecule has 90 valence electrons. The Balaban J connectivity index is 1.99. The van der Waals surface area contributed by atoms with Gasteiger partial charge in [0.25, 0.3) is 0 Å². The van der Waals surface area contributed by atoms with Crippen molar-refractivity contribution in [3.05, 3.63) is 58.7 Å². The molecule has 0 radical (unpaired) electrons. The van der Waals surface area contributed by atoms with Gasteiger partial charge in [-0.05, 0) is 0 Å². The molecule has 0 bridgehead atoms. The van der Waals surface area contributed by atoms with Crippen LogP contribution in [0.25, 0.3) is 10.9 Å². The Bertz CT molecular complexity index is 685. The van der Waals surface area contributed by atoms with Gasteiger partial charge in [0.2, 0.25) is 0 Å². The zero-order valence-corrected chi connectivity index (χ0v) is 13.2. The number of hydrogen-bond acceptors (Lipinski definition) is 0. The predicted octanol–water partition coefficient (Wildman–Crippen LogP) is 2.89. The van der Waals surface area contributed by atoms with Gasteiger partial charge in [0.05, 0.1) is 0 Å². The Hall–Kier alpha value is -1.02. The van der Waals surface area contributed by atoms with E-state index in [2.05, 4.69) is 76.5 Å². The van der Waals surface area contributed by atoms with Gasteiger partial charge in [-0.25, -0.2) is 0 Å². The summed E-state index contributed by atoms with van der Waals surface area (Å²) in [6.07, 6.45) is 2.14. The number of halogens is 1. The van der Waals surface area contributed by atoms with Gasteiger partial charge in [-0.3, -0.25) is 0 Å². The molecular formula is C15H12BrNSe. The second-order valence-electron chi connectivity index (χ2n) is 4.26. The van der Waals surface area contributed by atoms with Gasteiger partial charge < -0.3 is 0 Å². The van der Waals surface area contributed by atoms with Crippen molar-refractivity contribution in [2.75, 3.05) is 0 Å². The molecule has 3 heteroatoms. The van der Waals surface area contributed by atoms with Gasteiger partial charge in [0, 0.05) is 0 Å². The number of hydrogen-bond donors (Lipinski definition) is 1. The Morgan fingerprint density at radius 1 is 1.06 bits per heavy atom. The fraction of sp³-hybridized carbons (Fsp3) is 0.0667. The summed E-state index contributed by atoms with van der Waals surface area (Å²) in [7, 11) is 0. The van der Waals surface area contributed by atoms with Crippen LogP contribution in [-0.4, -0.2) is 19.9 Å². The van der Waals surface area contributed by atoms with Gasteiger partial charge in [-0.1, -0.05) is 0 Å². The second kappa shape index (κ2) is 4.93. The fourth-order valence-corrected chi connectivity index (χ4v) is 4.18. The molecule has 0 fully saturated rings. The molecule has 0 aliphatic carbocycles. The van der Waals surface area contributed by atoms with E-state index in [1.54, 1.807) is 0 Å². The molecule has 0 saturated carbocycles. The average molecular weight is 365 g/mol. The summed E-state index contributed by atoms with van der Waals surface area (Å²) >= 11 is 3.89. The number of benzene rings is 2. The maximum atomic E-state index is 3.54. The zero-order valence-electron chi connectivity index (χ0n) is 9.91. The van der Waals surface area contributed by atoms with Crippen LogP contribution in [0, 0.1) is 6.92 Å². The maximum absolute atomic E-state index is 3.54. The van der Waals surface area contributed by atoms with E-state index in [1.165, 1.54) is 25.4 Å². The molecule has 0 aliphatic rings. The van der Waals surface area contributed by atoms with Gasteiger partial charge in [-0.2, -0.15) is 0 Å². The van der Waals surface area contributed by atoms with E-state index in [1.807, 2.05) is 0 Å². The molecule has 1 heterocycles. The molecule has 1 nitrogen and oxygen atoms in total. The number of aromatic nitrogens is 1. The molecule has 0 spiro atoms. The number of fused-ring (bicyclic) bond motifs is 1. The molecule has 2 aromatic carbocycles. The van der Waals surface area contributed by atoms with Crippen LogP contribution in [0.4, 0.5) is 0 Å². The van der Waals surface area contributed by atoms with Crippen molar-refractivity contribution in [2.24, 2.45) is 0 Å². The van der Waals surface area contributed by atoms with Crippen LogP contribution in [0.3, 0.4) is 0 Å². The number of rotatable bonds is 2. The van der Waals surface area contributed by atoms with Crippen LogP contribution in [-0.2, 0) is 0 Å². The predicted molar refractivity (Wildman–Crippen MR) is 82.2 cm³/mol. The van der Waals surface area contributed by atoms with Gasteiger partial charge in [0.1, 0.15) is 0 Å². The van der Waals surface area contributed by atoms with Crippen molar-refractivity contribution in [3.8, 4) is 0 Å². The first-order valence-electron chi connectivity index (χ1n) is 5.73. The van der Waals surface area contributed by atoms with Crippen LogP contribution < -0.4 is 8.92 Å². The summed E-state index contributed by atoms with van der Waals surface area (Å²) < 4.78 is 3.95. The van der Waals surface area contributed by atoms with Crippen molar-refractivity contribution in [2.45, 2.75) is 6.92 Å². The third-order valence-corrected chi connectivity index (χ3v) is 5.58. The third-order valence-electron chi connectivity index (χ3n) is 2.85. The van der Waals surface area contributed by atoms with Crippen LogP contribution >= 0.6 is 15.9 Å². The molecule has 1 aromatic heterocycles. The summed E-state index contributed by atoms with van der Waals surface area (Å²) in [4.78, 5) is 3.34. The molecule has 0 amide bonds. The van der Waals surface area contributed by atoms with Crippen LogP contribution in [0.2, 0.25) is 0 Å². The quantitative estimate of drug-likeness (QED) is 0.673. The van der Waals surface area contributed by atoms with E-state index in [0.717, 1.165) is 4.47 Å². The minimum absolute atomic E-state index is 0.354. The minimum atomic E-state index is 0.354. The number of aromatic amines is 1. The van der Waals surface area contributed by atoms with Crippen molar-refractivity contribution < 1.29 is 0 Å². The second-order valence-corrected chi connectivity index (χ2v) is 7.51. The first-order valence-corrected chi connectivity index (χ1v) is 8.24. The summed E-state index contributed by atoms with van der Waals surface area (Å²) in [5, 5.41) is 1.32. The summed E-state index contributed by atoms with van der Waals surface area (Å²) in [6, 6.07) is 15.2. The summed E-state index contributed by atoms with van der Waals surface area (Å²) in [5.41, 5.74) is 2.53. The molecule has 3 aromatic rings. The van der Waals surface area contributed by atoms with Crippen LogP contribution in [0.5, 0.6) is 0 Å². The Labute approximate surface area is 121 Å². The molecule has 0 unspecified atom stereocenters. The summed E-state index contributed by atoms with van der Waals surface area (Å²) in [6.45, 7) is 2.12. The third kappa shape index (κ3) is 2.39. The average Bonchev–Trinajstić information content (AvgIpc) is 2.75. The molecule has 18 heavy (non-hydrogen) atoms. The van der Waals surface area contributed by atoms with E-state index in [4.69, 9.17) is 0 Å². The first-order chi connectivity index (χ1) is 8.72. The number of H-pyrrole nitrogens is 1. The topological polar surface area (TPSA) is 15.8 Å². The number of aryl methyl sites for hydroxylation is 1. The van der Waals surface area contributed by atoms with Gasteiger partial charge >= 0.3 is 121 Å². The van der Waals surface area contributed by atoms with E-state index in [-0.39, 0.29) is 0 Å². The first kappa shape index (κ1) is 12.0. The molecule has 0 atom stereocenters. The summed E-state index contributed by atoms with van der Waals surface area (Å²) in [5.74, 6) is 0. The van der Waals surface area contributed by atoms with Gasteiger partial charge in [-0.15, -0.1) is 0 Å². The molecule has 0 saturated heterocycles.